The summed E-state index contributed by atoms with van der Waals surface area (Å²) < 4.78 is 33.3. The Kier molecular flexibility index (Phi) is 3.71. The van der Waals surface area contributed by atoms with Crippen LogP contribution in [0.3, 0.4) is 0 Å². The second kappa shape index (κ2) is 5.66. The first-order valence-corrected chi connectivity index (χ1v) is 6.77. The first kappa shape index (κ1) is 13.8. The summed E-state index contributed by atoms with van der Waals surface area (Å²) in [5.74, 6) is -0.404. The van der Waals surface area contributed by atoms with Crippen LogP contribution >= 0.6 is 0 Å². The van der Waals surface area contributed by atoms with Crippen molar-refractivity contribution >= 4 is 11.0 Å². The molecule has 1 N–H and O–H groups in total. The molecule has 0 fully saturated rings. The molecule has 0 aliphatic carbocycles. The zero-order valence-corrected chi connectivity index (χ0v) is 11.6. The van der Waals surface area contributed by atoms with Crippen LogP contribution in [0.1, 0.15) is 17.4 Å². The van der Waals surface area contributed by atoms with Gasteiger partial charge in [-0.2, -0.15) is 0 Å². The van der Waals surface area contributed by atoms with Crippen LogP contribution in [-0.2, 0) is 6.42 Å². The number of nitrogens with one attached hydrogen (secondary N) is 1. The number of benzene rings is 2. The van der Waals surface area contributed by atoms with Gasteiger partial charge in [0.2, 0.25) is 0 Å². The standard InChI is InChI=1S/C17H15F2NO/c1-20-15(10-12-13(18)6-4-7-14(12)19)17-9-11-5-2-3-8-16(11)21-17/h2-9,15,20H,10H2,1H3. The Balaban J connectivity index is 1.95. The number of para-hydroxylation sites is 1. The highest BCUT2D eigenvalue weighted by molar-refractivity contribution is 5.77. The molecule has 0 saturated carbocycles. The van der Waals surface area contributed by atoms with Crippen molar-refractivity contribution < 1.29 is 13.2 Å². The number of furan rings is 1. The van der Waals surface area contributed by atoms with Gasteiger partial charge in [0.15, 0.2) is 0 Å². The molecule has 2 aromatic carbocycles. The van der Waals surface area contributed by atoms with Crippen LogP contribution in [0.25, 0.3) is 11.0 Å². The van der Waals surface area contributed by atoms with Crippen LogP contribution in [0, 0.1) is 11.6 Å². The number of likely N-dealkylation sites (N-methyl/N-ethyl adjacent to an activating group) is 1. The van der Waals surface area contributed by atoms with Gasteiger partial charge in [-0.15, -0.1) is 0 Å². The Labute approximate surface area is 121 Å². The van der Waals surface area contributed by atoms with Gasteiger partial charge in [0.1, 0.15) is 23.0 Å². The van der Waals surface area contributed by atoms with Gasteiger partial charge >= 0.3 is 0 Å². The molecule has 1 atom stereocenters. The van der Waals surface area contributed by atoms with Crippen molar-refractivity contribution in [2.75, 3.05) is 7.05 Å². The smallest absolute Gasteiger partial charge is 0.134 e. The Hall–Kier alpha value is -2.20. The van der Waals surface area contributed by atoms with E-state index in [-0.39, 0.29) is 18.0 Å². The molecule has 21 heavy (non-hydrogen) atoms. The van der Waals surface area contributed by atoms with Gasteiger partial charge in [0.25, 0.3) is 0 Å². The van der Waals surface area contributed by atoms with Crippen LogP contribution in [0.15, 0.2) is 52.9 Å². The first-order chi connectivity index (χ1) is 10.2. The fourth-order valence-corrected chi connectivity index (χ4v) is 2.45. The van der Waals surface area contributed by atoms with E-state index < -0.39 is 11.6 Å². The largest absolute Gasteiger partial charge is 0.459 e. The maximum absolute atomic E-state index is 13.8. The maximum Gasteiger partial charge on any atom is 0.134 e. The van der Waals surface area contributed by atoms with Gasteiger partial charge in [-0.05, 0) is 31.3 Å². The van der Waals surface area contributed by atoms with Gasteiger partial charge in [-0.1, -0.05) is 24.3 Å². The Morgan fingerprint density at radius 3 is 2.43 bits per heavy atom. The zero-order chi connectivity index (χ0) is 14.8. The highest BCUT2D eigenvalue weighted by Gasteiger charge is 2.19. The van der Waals surface area contributed by atoms with Gasteiger partial charge < -0.3 is 9.73 Å². The van der Waals surface area contributed by atoms with Crippen molar-refractivity contribution in [3.05, 3.63) is 71.5 Å². The lowest BCUT2D eigenvalue weighted by Gasteiger charge is -2.14. The van der Waals surface area contributed by atoms with E-state index in [1.54, 1.807) is 7.05 Å². The lowest BCUT2D eigenvalue weighted by molar-refractivity contribution is 0.437. The molecule has 0 radical (unpaired) electrons. The average Bonchev–Trinajstić information content (AvgIpc) is 2.90. The number of fused-ring (bicyclic) bond motifs is 1. The van der Waals surface area contributed by atoms with Crippen molar-refractivity contribution in [3.8, 4) is 0 Å². The fraction of sp³-hybridized carbons (Fsp3) is 0.176. The van der Waals surface area contributed by atoms with Crippen molar-refractivity contribution in [3.63, 3.8) is 0 Å². The summed E-state index contributed by atoms with van der Waals surface area (Å²) in [4.78, 5) is 0. The minimum absolute atomic E-state index is 0.0670. The van der Waals surface area contributed by atoms with Gasteiger partial charge in [0.05, 0.1) is 6.04 Å². The van der Waals surface area contributed by atoms with E-state index >= 15 is 0 Å². The van der Waals surface area contributed by atoms with Crippen molar-refractivity contribution in [2.45, 2.75) is 12.5 Å². The van der Waals surface area contributed by atoms with Crippen LogP contribution in [-0.4, -0.2) is 7.05 Å². The lowest BCUT2D eigenvalue weighted by Crippen LogP contribution is -2.19. The first-order valence-electron chi connectivity index (χ1n) is 6.77. The molecule has 0 spiro atoms. The van der Waals surface area contributed by atoms with Crippen LogP contribution < -0.4 is 5.32 Å². The van der Waals surface area contributed by atoms with Crippen LogP contribution in [0.5, 0.6) is 0 Å². The number of halogens is 2. The summed E-state index contributed by atoms with van der Waals surface area (Å²) in [6.45, 7) is 0. The molecule has 0 bridgehead atoms. The minimum Gasteiger partial charge on any atom is -0.459 e. The van der Waals surface area contributed by atoms with E-state index in [0.29, 0.717) is 5.76 Å². The lowest BCUT2D eigenvalue weighted by atomic mass is 10.0. The number of hydrogen-bond acceptors (Lipinski definition) is 2. The predicted octanol–water partition coefficient (Wildman–Crippen LogP) is 4.21. The minimum atomic E-state index is -0.536. The molecule has 0 aliphatic heterocycles. The second-order valence-corrected chi connectivity index (χ2v) is 4.93. The summed E-state index contributed by atoms with van der Waals surface area (Å²) in [7, 11) is 1.75. The summed E-state index contributed by atoms with van der Waals surface area (Å²) in [5.41, 5.74) is 0.832. The SMILES string of the molecule is CNC(Cc1c(F)cccc1F)c1cc2ccccc2o1. The molecular weight excluding hydrogens is 272 g/mol. The molecule has 0 aliphatic rings. The van der Waals surface area contributed by atoms with E-state index in [4.69, 9.17) is 4.42 Å². The zero-order valence-electron chi connectivity index (χ0n) is 11.6. The molecule has 1 heterocycles. The average molecular weight is 287 g/mol. The summed E-state index contributed by atoms with van der Waals surface area (Å²) in [6, 6.07) is 13.1. The fourth-order valence-electron chi connectivity index (χ4n) is 2.45. The van der Waals surface area contributed by atoms with E-state index in [1.165, 1.54) is 18.2 Å². The molecule has 1 aromatic heterocycles. The summed E-state index contributed by atoms with van der Waals surface area (Å²) >= 11 is 0. The second-order valence-electron chi connectivity index (χ2n) is 4.93. The molecular formula is C17H15F2NO. The Morgan fingerprint density at radius 2 is 1.76 bits per heavy atom. The molecule has 3 aromatic rings. The molecule has 3 rings (SSSR count). The van der Waals surface area contributed by atoms with Crippen molar-refractivity contribution in [2.24, 2.45) is 0 Å². The highest BCUT2D eigenvalue weighted by atomic mass is 19.1. The van der Waals surface area contributed by atoms with Gasteiger partial charge in [0, 0.05) is 17.4 Å². The third-order valence-electron chi connectivity index (χ3n) is 3.61. The van der Waals surface area contributed by atoms with Crippen LogP contribution in [0.4, 0.5) is 8.78 Å². The third-order valence-corrected chi connectivity index (χ3v) is 3.61. The predicted molar refractivity (Wildman–Crippen MR) is 78.1 cm³/mol. The molecule has 108 valence electrons. The molecule has 4 heteroatoms. The maximum atomic E-state index is 13.8. The normalized spacial score (nSPS) is 12.7. The third kappa shape index (κ3) is 2.67. The molecule has 2 nitrogen and oxygen atoms in total. The number of rotatable bonds is 4. The van der Waals surface area contributed by atoms with Crippen molar-refractivity contribution in [1.29, 1.82) is 0 Å². The molecule has 1 unspecified atom stereocenters. The van der Waals surface area contributed by atoms with E-state index in [0.717, 1.165) is 11.0 Å². The Morgan fingerprint density at radius 1 is 1.05 bits per heavy atom. The highest BCUT2D eigenvalue weighted by Crippen LogP contribution is 2.27. The monoisotopic (exact) mass is 287 g/mol. The Bertz CT molecular complexity index is 713. The van der Waals surface area contributed by atoms with E-state index in [2.05, 4.69) is 5.32 Å². The van der Waals surface area contributed by atoms with Crippen LogP contribution in [0.2, 0.25) is 0 Å². The topological polar surface area (TPSA) is 25.2 Å². The quantitative estimate of drug-likeness (QED) is 0.777. The summed E-state index contributed by atoms with van der Waals surface area (Å²) in [6.07, 6.45) is 0.189. The molecule has 0 amide bonds. The van der Waals surface area contributed by atoms with E-state index in [9.17, 15) is 8.78 Å². The molecule has 0 saturated heterocycles. The van der Waals surface area contributed by atoms with Gasteiger partial charge in [-0.25, -0.2) is 8.78 Å². The number of hydrogen-bond donors (Lipinski definition) is 1. The van der Waals surface area contributed by atoms with E-state index in [1.807, 2.05) is 30.3 Å². The van der Waals surface area contributed by atoms with Gasteiger partial charge in [-0.3, -0.25) is 0 Å². The van der Waals surface area contributed by atoms with Crippen molar-refractivity contribution in [1.82, 2.24) is 5.32 Å². The summed E-state index contributed by atoms with van der Waals surface area (Å²) in [5, 5.41) is 4.03.